The number of aliphatic carboxylic acids is 1. The van der Waals surface area contributed by atoms with Gasteiger partial charge in [-0.1, -0.05) is 18.2 Å². The highest BCUT2D eigenvalue weighted by molar-refractivity contribution is 5.90. The van der Waals surface area contributed by atoms with E-state index in [-0.39, 0.29) is 6.54 Å². The Morgan fingerprint density at radius 3 is 2.67 bits per heavy atom. The predicted octanol–water partition coefficient (Wildman–Crippen LogP) is 1.85. The van der Waals surface area contributed by atoms with Crippen molar-refractivity contribution >= 4 is 17.6 Å². The molecule has 2 N–H and O–H groups in total. The summed E-state index contributed by atoms with van der Waals surface area (Å²) in [4.78, 5) is 23.6. The maximum atomic E-state index is 12.6. The standard InChI is InChI=1S/C13H13F3N2O3/c14-13(15,16)7-18-6-8-3-1-2-4-9(8)17-10(12(18)21)5-11(19)20/h1-4,10,17H,5-7H2,(H,19,20). The molecule has 0 saturated heterocycles. The van der Waals surface area contributed by atoms with Crippen LogP contribution in [0.1, 0.15) is 12.0 Å². The smallest absolute Gasteiger partial charge is 0.406 e. The monoisotopic (exact) mass is 302 g/mol. The lowest BCUT2D eigenvalue weighted by Crippen LogP contribution is -2.45. The van der Waals surface area contributed by atoms with Crippen molar-refractivity contribution in [1.82, 2.24) is 4.90 Å². The first-order valence-corrected chi connectivity index (χ1v) is 6.18. The molecule has 1 aromatic carbocycles. The van der Waals surface area contributed by atoms with Gasteiger partial charge in [0.2, 0.25) is 5.91 Å². The van der Waals surface area contributed by atoms with E-state index in [1.54, 1.807) is 24.3 Å². The molecule has 0 saturated carbocycles. The number of nitrogens with zero attached hydrogens (tertiary/aromatic N) is 1. The summed E-state index contributed by atoms with van der Waals surface area (Å²) in [7, 11) is 0. The fourth-order valence-electron chi connectivity index (χ4n) is 2.22. The number of carboxylic acids is 1. The maximum absolute atomic E-state index is 12.6. The normalized spacial score (nSPS) is 18.7. The van der Waals surface area contributed by atoms with Crippen LogP contribution in [-0.2, 0) is 16.1 Å². The van der Waals surface area contributed by atoms with Gasteiger partial charge in [0.05, 0.1) is 6.42 Å². The number of amides is 1. The van der Waals surface area contributed by atoms with E-state index < -0.39 is 37.1 Å². The Hall–Kier alpha value is -2.25. The van der Waals surface area contributed by atoms with Gasteiger partial charge in [0, 0.05) is 12.2 Å². The Morgan fingerprint density at radius 1 is 1.38 bits per heavy atom. The number of fused-ring (bicyclic) bond motifs is 1. The van der Waals surface area contributed by atoms with Gasteiger partial charge in [-0.05, 0) is 11.6 Å². The van der Waals surface area contributed by atoms with E-state index in [9.17, 15) is 22.8 Å². The molecular weight excluding hydrogens is 289 g/mol. The topological polar surface area (TPSA) is 69.6 Å². The van der Waals surface area contributed by atoms with Crippen LogP contribution in [0.4, 0.5) is 18.9 Å². The second-order valence-electron chi connectivity index (χ2n) is 4.76. The number of carboxylic acid groups (broad SMARTS) is 1. The van der Waals surface area contributed by atoms with E-state index in [0.717, 1.165) is 0 Å². The Morgan fingerprint density at radius 2 is 2.05 bits per heavy atom. The average molecular weight is 302 g/mol. The minimum atomic E-state index is -4.54. The number of para-hydroxylation sites is 1. The van der Waals surface area contributed by atoms with Gasteiger partial charge in [0.15, 0.2) is 0 Å². The van der Waals surface area contributed by atoms with Gasteiger partial charge in [-0.25, -0.2) is 0 Å². The highest BCUT2D eigenvalue weighted by Gasteiger charge is 2.37. The number of alkyl halides is 3. The minimum absolute atomic E-state index is 0.211. The third-order valence-corrected chi connectivity index (χ3v) is 3.07. The van der Waals surface area contributed by atoms with Crippen molar-refractivity contribution in [2.24, 2.45) is 0 Å². The van der Waals surface area contributed by atoms with Crippen LogP contribution < -0.4 is 5.32 Å². The van der Waals surface area contributed by atoms with E-state index in [4.69, 9.17) is 5.11 Å². The van der Waals surface area contributed by atoms with E-state index >= 15 is 0 Å². The number of benzene rings is 1. The number of anilines is 1. The van der Waals surface area contributed by atoms with Crippen LogP contribution in [-0.4, -0.2) is 40.6 Å². The molecule has 0 aliphatic carbocycles. The number of hydrogen-bond acceptors (Lipinski definition) is 3. The summed E-state index contributed by atoms with van der Waals surface area (Å²) in [5.74, 6) is -2.13. The van der Waals surface area contributed by atoms with Crippen molar-refractivity contribution in [1.29, 1.82) is 0 Å². The second-order valence-corrected chi connectivity index (χ2v) is 4.76. The lowest BCUT2D eigenvalue weighted by molar-refractivity contribution is -0.163. The molecule has 0 bridgehead atoms. The van der Waals surface area contributed by atoms with Gasteiger partial charge in [-0.2, -0.15) is 13.2 Å². The lowest BCUT2D eigenvalue weighted by atomic mass is 10.1. The molecule has 1 aliphatic heterocycles. The van der Waals surface area contributed by atoms with Crippen molar-refractivity contribution in [2.45, 2.75) is 25.2 Å². The Balaban J connectivity index is 2.33. The molecular formula is C13H13F3N2O3. The largest absolute Gasteiger partial charge is 0.481 e. The predicted molar refractivity (Wildman–Crippen MR) is 67.6 cm³/mol. The van der Waals surface area contributed by atoms with Crippen LogP contribution in [0.15, 0.2) is 24.3 Å². The summed E-state index contributed by atoms with van der Waals surface area (Å²) in [6, 6.07) is 5.30. The van der Waals surface area contributed by atoms with Crippen molar-refractivity contribution in [3.05, 3.63) is 29.8 Å². The first kappa shape index (κ1) is 15.1. The number of carbonyl (C=O) groups is 2. The zero-order chi connectivity index (χ0) is 15.6. The number of carbonyl (C=O) groups excluding carboxylic acids is 1. The third-order valence-electron chi connectivity index (χ3n) is 3.07. The van der Waals surface area contributed by atoms with E-state index in [1.165, 1.54) is 0 Å². The second kappa shape index (κ2) is 5.63. The van der Waals surface area contributed by atoms with Crippen LogP contribution in [0.25, 0.3) is 0 Å². The van der Waals surface area contributed by atoms with Gasteiger partial charge < -0.3 is 15.3 Å². The summed E-state index contributed by atoms with van der Waals surface area (Å²) < 4.78 is 37.7. The van der Waals surface area contributed by atoms with Crippen LogP contribution in [0, 0.1) is 0 Å². The summed E-state index contributed by atoms with van der Waals surface area (Å²) >= 11 is 0. The van der Waals surface area contributed by atoms with Gasteiger partial charge in [-0.3, -0.25) is 9.59 Å². The number of nitrogens with one attached hydrogen (secondary N) is 1. The molecule has 0 fully saturated rings. The molecule has 1 heterocycles. The zero-order valence-corrected chi connectivity index (χ0v) is 10.9. The van der Waals surface area contributed by atoms with Crippen LogP contribution in [0.3, 0.4) is 0 Å². The molecule has 21 heavy (non-hydrogen) atoms. The molecule has 0 spiro atoms. The van der Waals surface area contributed by atoms with Crippen molar-refractivity contribution in [3.63, 3.8) is 0 Å². The Labute approximate surface area is 118 Å². The van der Waals surface area contributed by atoms with Gasteiger partial charge in [0.1, 0.15) is 12.6 Å². The van der Waals surface area contributed by atoms with Crippen molar-refractivity contribution < 1.29 is 27.9 Å². The van der Waals surface area contributed by atoms with E-state index in [0.29, 0.717) is 16.2 Å². The zero-order valence-electron chi connectivity index (χ0n) is 10.9. The average Bonchev–Trinajstić information content (AvgIpc) is 2.47. The quantitative estimate of drug-likeness (QED) is 0.894. The molecule has 0 radical (unpaired) electrons. The van der Waals surface area contributed by atoms with E-state index in [2.05, 4.69) is 5.32 Å². The van der Waals surface area contributed by atoms with Gasteiger partial charge in [0.25, 0.3) is 0 Å². The van der Waals surface area contributed by atoms with Gasteiger partial charge >= 0.3 is 12.1 Å². The first-order chi connectivity index (χ1) is 9.76. The minimum Gasteiger partial charge on any atom is -0.481 e. The summed E-state index contributed by atoms with van der Waals surface area (Å²) in [5.41, 5.74) is 0.991. The Kier molecular flexibility index (Phi) is 4.06. The highest BCUT2D eigenvalue weighted by Crippen LogP contribution is 2.26. The summed E-state index contributed by atoms with van der Waals surface area (Å²) in [6.45, 7) is -1.62. The van der Waals surface area contributed by atoms with Crippen LogP contribution >= 0.6 is 0 Å². The number of hydrogen-bond donors (Lipinski definition) is 2. The number of halogens is 3. The maximum Gasteiger partial charge on any atom is 0.406 e. The molecule has 1 aliphatic rings. The van der Waals surface area contributed by atoms with Crippen LogP contribution in [0.5, 0.6) is 0 Å². The lowest BCUT2D eigenvalue weighted by Gasteiger charge is -2.24. The molecule has 1 atom stereocenters. The molecule has 5 nitrogen and oxygen atoms in total. The summed E-state index contributed by atoms with van der Waals surface area (Å²) in [6.07, 6.45) is -5.12. The van der Waals surface area contributed by atoms with Gasteiger partial charge in [-0.15, -0.1) is 0 Å². The third kappa shape index (κ3) is 3.87. The Bertz CT molecular complexity index is 560. The first-order valence-electron chi connectivity index (χ1n) is 6.18. The molecule has 2 rings (SSSR count). The molecule has 1 amide bonds. The molecule has 1 aromatic rings. The molecule has 1 unspecified atom stereocenters. The SMILES string of the molecule is O=C(O)CC1Nc2ccccc2CN(CC(F)(F)F)C1=O. The fraction of sp³-hybridized carbons (Fsp3) is 0.385. The molecule has 0 aromatic heterocycles. The molecule has 8 heteroatoms. The highest BCUT2D eigenvalue weighted by atomic mass is 19.4. The summed E-state index contributed by atoms with van der Waals surface area (Å²) in [5, 5.41) is 11.5. The van der Waals surface area contributed by atoms with Crippen molar-refractivity contribution in [3.8, 4) is 0 Å². The van der Waals surface area contributed by atoms with Crippen LogP contribution in [0.2, 0.25) is 0 Å². The molecule has 114 valence electrons. The van der Waals surface area contributed by atoms with Crippen molar-refractivity contribution in [2.75, 3.05) is 11.9 Å². The fourth-order valence-corrected chi connectivity index (χ4v) is 2.22. The van der Waals surface area contributed by atoms with E-state index in [1.807, 2.05) is 0 Å². The number of rotatable bonds is 3.